The van der Waals surface area contributed by atoms with Crippen molar-refractivity contribution < 1.29 is 18.3 Å². The van der Waals surface area contributed by atoms with Crippen LogP contribution in [0.5, 0.6) is 0 Å². The summed E-state index contributed by atoms with van der Waals surface area (Å²) in [7, 11) is -0.926. The molecule has 3 rings (SSSR count). The molecule has 1 N–H and O–H groups in total. The van der Waals surface area contributed by atoms with Crippen LogP contribution in [-0.2, 0) is 16.4 Å². The Morgan fingerprint density at radius 2 is 1.82 bits per heavy atom. The van der Waals surface area contributed by atoms with Gasteiger partial charge in [-0.1, -0.05) is 12.1 Å². The summed E-state index contributed by atoms with van der Waals surface area (Å²) in [6, 6.07) is 9.99. The highest BCUT2D eigenvalue weighted by Gasteiger charge is 2.26. The van der Waals surface area contributed by atoms with Crippen molar-refractivity contribution in [2.45, 2.75) is 25.4 Å². The van der Waals surface area contributed by atoms with E-state index in [-0.39, 0.29) is 28.7 Å². The van der Waals surface area contributed by atoms with E-state index in [9.17, 15) is 18.0 Å². The largest absolute Gasteiger partial charge is 0.478 e. The van der Waals surface area contributed by atoms with E-state index < -0.39 is 15.8 Å². The van der Waals surface area contributed by atoms with Crippen LogP contribution in [0.1, 0.15) is 23.2 Å². The van der Waals surface area contributed by atoms with Crippen molar-refractivity contribution in [3.8, 4) is 11.1 Å². The van der Waals surface area contributed by atoms with Crippen LogP contribution in [0, 0.1) is 0 Å². The van der Waals surface area contributed by atoms with E-state index >= 15 is 0 Å². The minimum Gasteiger partial charge on any atom is -0.478 e. The number of nitrogens with zero attached hydrogens (tertiary/aromatic N) is 2. The number of hydrogen-bond acceptors (Lipinski definition) is 5. The van der Waals surface area contributed by atoms with Crippen LogP contribution in [-0.4, -0.2) is 60.1 Å². The molecule has 8 heteroatoms. The molecule has 150 valence electrons. The normalized spacial score (nSPS) is 16.9. The van der Waals surface area contributed by atoms with Gasteiger partial charge in [-0.3, -0.25) is 4.79 Å². The van der Waals surface area contributed by atoms with Gasteiger partial charge in [-0.25, -0.2) is 13.2 Å². The molecule has 0 atom stereocenters. The number of aromatic nitrogens is 1. The average molecular weight is 404 g/mol. The van der Waals surface area contributed by atoms with E-state index in [1.165, 1.54) is 12.1 Å². The summed E-state index contributed by atoms with van der Waals surface area (Å²) in [4.78, 5) is 25.9. The first-order chi connectivity index (χ1) is 13.3. The molecule has 0 radical (unpaired) electrons. The van der Waals surface area contributed by atoms with Crippen molar-refractivity contribution in [2.75, 3.05) is 25.1 Å². The van der Waals surface area contributed by atoms with Crippen molar-refractivity contribution in [2.24, 2.45) is 0 Å². The van der Waals surface area contributed by atoms with Gasteiger partial charge in [0.1, 0.15) is 9.84 Å². The van der Waals surface area contributed by atoms with Crippen molar-refractivity contribution in [1.29, 1.82) is 0 Å². The molecule has 0 saturated carbocycles. The second-order valence-corrected chi connectivity index (χ2v) is 9.47. The number of aromatic carboxylic acids is 1. The van der Waals surface area contributed by atoms with Gasteiger partial charge < -0.3 is 14.6 Å². The minimum absolute atomic E-state index is 0.134. The lowest BCUT2D eigenvalue weighted by atomic mass is 10.1. The predicted molar refractivity (Wildman–Crippen MR) is 107 cm³/mol. The highest BCUT2D eigenvalue weighted by atomic mass is 32.2. The molecule has 1 aromatic heterocycles. The number of likely N-dealkylation sites (N-methyl/N-ethyl adjacent to an activating group) is 1. The van der Waals surface area contributed by atoms with Crippen LogP contribution in [0.2, 0.25) is 0 Å². The van der Waals surface area contributed by atoms with Gasteiger partial charge >= 0.3 is 5.97 Å². The molecular weight excluding hydrogens is 380 g/mol. The SMILES string of the molecule is CN(CCn1cccc(-c2ccc(C(=O)O)cc2)c1=O)C1CCS(=O)(=O)CC1. The first-order valence-electron chi connectivity index (χ1n) is 9.21. The van der Waals surface area contributed by atoms with Gasteiger partial charge in [-0.2, -0.15) is 0 Å². The maximum absolute atomic E-state index is 12.8. The Bertz CT molecular complexity index is 998. The van der Waals surface area contributed by atoms with E-state index in [0.29, 0.717) is 37.1 Å². The lowest BCUT2D eigenvalue weighted by Gasteiger charge is -2.31. The molecule has 28 heavy (non-hydrogen) atoms. The molecule has 0 aliphatic carbocycles. The Balaban J connectivity index is 1.69. The molecular formula is C20H24N2O5S. The summed E-state index contributed by atoms with van der Waals surface area (Å²) in [6.45, 7) is 1.14. The molecule has 0 spiro atoms. The number of carbonyl (C=O) groups is 1. The van der Waals surface area contributed by atoms with Crippen LogP contribution in [0.4, 0.5) is 0 Å². The third-order valence-corrected chi connectivity index (χ3v) is 7.02. The first-order valence-corrected chi connectivity index (χ1v) is 11.0. The first kappa shape index (κ1) is 20.3. The highest BCUT2D eigenvalue weighted by Crippen LogP contribution is 2.18. The molecule has 7 nitrogen and oxygen atoms in total. The molecule has 1 aromatic carbocycles. The molecule has 1 saturated heterocycles. The van der Waals surface area contributed by atoms with Crippen LogP contribution in [0.15, 0.2) is 47.4 Å². The Morgan fingerprint density at radius 1 is 1.18 bits per heavy atom. The molecule has 0 amide bonds. The van der Waals surface area contributed by atoms with Crippen molar-refractivity contribution in [3.05, 3.63) is 58.5 Å². The summed E-state index contributed by atoms with van der Waals surface area (Å²) in [5.74, 6) is -0.552. The predicted octanol–water partition coefficient (Wildman–Crippen LogP) is 1.72. The van der Waals surface area contributed by atoms with E-state index in [2.05, 4.69) is 4.90 Å². The van der Waals surface area contributed by atoms with E-state index in [1.54, 1.807) is 35.0 Å². The number of carboxylic acids is 1. The van der Waals surface area contributed by atoms with Crippen LogP contribution in [0.25, 0.3) is 11.1 Å². The topological polar surface area (TPSA) is 96.7 Å². The molecule has 0 unspecified atom stereocenters. The number of pyridine rings is 1. The van der Waals surface area contributed by atoms with Crippen LogP contribution >= 0.6 is 0 Å². The van der Waals surface area contributed by atoms with Gasteiger partial charge in [-0.05, 0) is 49.7 Å². The maximum atomic E-state index is 12.8. The van der Waals surface area contributed by atoms with Crippen LogP contribution < -0.4 is 5.56 Å². The molecule has 2 heterocycles. The number of benzene rings is 1. The molecule has 0 bridgehead atoms. The third kappa shape index (κ3) is 4.69. The fourth-order valence-corrected chi connectivity index (χ4v) is 4.96. The summed E-state index contributed by atoms with van der Waals surface area (Å²) < 4.78 is 24.8. The fraction of sp³-hybridized carbons (Fsp3) is 0.400. The Hall–Kier alpha value is -2.45. The zero-order valence-electron chi connectivity index (χ0n) is 15.7. The number of rotatable bonds is 6. The van der Waals surface area contributed by atoms with Crippen LogP contribution in [0.3, 0.4) is 0 Å². The second kappa shape index (κ2) is 8.28. The van der Waals surface area contributed by atoms with Gasteiger partial charge in [0.2, 0.25) is 0 Å². The van der Waals surface area contributed by atoms with Crippen molar-refractivity contribution >= 4 is 15.8 Å². The lowest BCUT2D eigenvalue weighted by Crippen LogP contribution is -2.41. The number of sulfone groups is 1. The molecule has 2 aromatic rings. The second-order valence-electron chi connectivity index (χ2n) is 7.17. The third-order valence-electron chi connectivity index (χ3n) is 5.30. The summed E-state index contributed by atoms with van der Waals surface area (Å²) in [5, 5.41) is 9.00. The average Bonchev–Trinajstić information content (AvgIpc) is 2.67. The summed E-state index contributed by atoms with van der Waals surface area (Å²) in [5.41, 5.74) is 1.24. The standard InChI is InChI=1S/C20H24N2O5S/c1-21(17-8-13-28(26,27)14-9-17)11-12-22-10-2-3-18(19(22)23)15-4-6-16(7-5-15)20(24)25/h2-7,10,17H,8-9,11-14H2,1H3,(H,24,25). The Morgan fingerprint density at radius 3 is 2.43 bits per heavy atom. The quantitative estimate of drug-likeness (QED) is 0.788. The zero-order chi connectivity index (χ0) is 20.3. The van der Waals surface area contributed by atoms with Crippen molar-refractivity contribution in [1.82, 2.24) is 9.47 Å². The maximum Gasteiger partial charge on any atom is 0.335 e. The molecule has 1 aliphatic rings. The van der Waals surface area contributed by atoms with E-state index in [0.717, 1.165) is 0 Å². The smallest absolute Gasteiger partial charge is 0.335 e. The Kier molecular flexibility index (Phi) is 6.00. The van der Waals surface area contributed by atoms with E-state index in [1.807, 2.05) is 7.05 Å². The fourth-order valence-electron chi connectivity index (χ4n) is 3.49. The van der Waals surface area contributed by atoms with Gasteiger partial charge in [0, 0.05) is 30.9 Å². The van der Waals surface area contributed by atoms with Crippen molar-refractivity contribution in [3.63, 3.8) is 0 Å². The van der Waals surface area contributed by atoms with Gasteiger partial charge in [0.25, 0.3) is 5.56 Å². The Labute approximate surface area is 164 Å². The monoisotopic (exact) mass is 404 g/mol. The minimum atomic E-state index is -2.89. The van der Waals surface area contributed by atoms with E-state index in [4.69, 9.17) is 5.11 Å². The van der Waals surface area contributed by atoms with Gasteiger partial charge in [-0.15, -0.1) is 0 Å². The van der Waals surface area contributed by atoms with Gasteiger partial charge in [0.15, 0.2) is 0 Å². The number of hydrogen-bond donors (Lipinski definition) is 1. The lowest BCUT2D eigenvalue weighted by molar-refractivity contribution is 0.0697. The molecule has 1 aliphatic heterocycles. The summed E-state index contributed by atoms with van der Waals surface area (Å²) >= 11 is 0. The summed E-state index contributed by atoms with van der Waals surface area (Å²) in [6.07, 6.45) is 2.99. The number of carboxylic acid groups (broad SMARTS) is 1. The molecule has 1 fully saturated rings. The van der Waals surface area contributed by atoms with Gasteiger partial charge in [0.05, 0.1) is 17.1 Å². The highest BCUT2D eigenvalue weighted by molar-refractivity contribution is 7.91. The zero-order valence-corrected chi connectivity index (χ0v) is 16.6.